The lowest BCUT2D eigenvalue weighted by molar-refractivity contribution is 0.668. The van der Waals surface area contributed by atoms with Crippen LogP contribution in [-0.2, 0) is 0 Å². The van der Waals surface area contributed by atoms with Crippen LogP contribution in [0.3, 0.4) is 0 Å². The van der Waals surface area contributed by atoms with Crippen LogP contribution in [0.1, 0.15) is 30.0 Å². The zero-order valence-corrected chi connectivity index (χ0v) is 34.6. The standard InChI is InChI=1S/C59H39N3O/c1-36-25-29-51(47-23-12-19-38-14-6-8-20-45(38)47)60-59(43-27-26-37-13-2-3-16-40(37)31-43)61-58(36)50-34-44(35-55-57(50)48-22-10-11-24-54(48)63-55)62-52-30-28-39-15-7-9-21-46(39)56(52)49-32-41-17-4-5-18-42(41)33-53(49)62/h2-24,26-36H,25H2,1H3/b51-29+,60-59-,61-58+. The molecule has 0 radical (unpaired) electrons. The first-order valence-electron chi connectivity index (χ1n) is 21.8. The molecule has 0 saturated heterocycles. The number of rotatable bonds is 4. The van der Waals surface area contributed by atoms with Crippen LogP contribution in [-0.4, -0.2) is 16.1 Å². The lowest BCUT2D eigenvalue weighted by Crippen LogP contribution is -2.18. The highest BCUT2D eigenvalue weighted by Gasteiger charge is 2.25. The minimum atomic E-state index is 0.0269. The van der Waals surface area contributed by atoms with Gasteiger partial charge in [0, 0.05) is 50.2 Å². The van der Waals surface area contributed by atoms with E-state index >= 15 is 0 Å². The number of furan rings is 1. The number of para-hydroxylation sites is 1. The minimum absolute atomic E-state index is 0.0269. The van der Waals surface area contributed by atoms with E-state index in [0.29, 0.717) is 5.84 Å². The van der Waals surface area contributed by atoms with Gasteiger partial charge in [-0.3, -0.25) is 0 Å². The molecule has 1 aliphatic heterocycles. The molecule has 296 valence electrons. The van der Waals surface area contributed by atoms with Gasteiger partial charge in [-0.2, -0.15) is 0 Å². The first kappa shape index (κ1) is 35.7. The third-order valence-electron chi connectivity index (χ3n) is 13.2. The summed E-state index contributed by atoms with van der Waals surface area (Å²) in [5.41, 5.74) is 10.0. The van der Waals surface area contributed by atoms with E-state index in [9.17, 15) is 0 Å². The highest BCUT2D eigenvalue weighted by atomic mass is 16.3. The highest BCUT2D eigenvalue weighted by molar-refractivity contribution is 6.26. The van der Waals surface area contributed by atoms with Crippen molar-refractivity contribution in [1.29, 1.82) is 0 Å². The fourth-order valence-corrected chi connectivity index (χ4v) is 10.1. The van der Waals surface area contributed by atoms with Crippen molar-refractivity contribution in [2.45, 2.75) is 13.3 Å². The Kier molecular flexibility index (Phi) is 7.91. The monoisotopic (exact) mass is 805 g/mol. The molecule has 13 rings (SSSR count). The molecule has 0 spiro atoms. The summed E-state index contributed by atoms with van der Waals surface area (Å²) >= 11 is 0. The summed E-state index contributed by atoms with van der Waals surface area (Å²) in [7, 11) is 0. The fourth-order valence-electron chi connectivity index (χ4n) is 10.1. The molecule has 12 aromatic rings. The summed E-state index contributed by atoms with van der Waals surface area (Å²) in [6, 6.07) is 69.8. The largest absolute Gasteiger partial charge is 0.456 e. The van der Waals surface area contributed by atoms with Gasteiger partial charge in [-0.25, -0.2) is 9.98 Å². The van der Waals surface area contributed by atoms with Gasteiger partial charge in [0.25, 0.3) is 0 Å². The fraction of sp³-hybridized carbons (Fsp3) is 0.0508. The van der Waals surface area contributed by atoms with E-state index in [0.717, 1.165) is 78.6 Å². The second-order valence-electron chi connectivity index (χ2n) is 16.9. The molecule has 4 heteroatoms. The number of nitrogens with zero attached hydrogens (tertiary/aromatic N) is 3. The Labute approximate surface area is 363 Å². The summed E-state index contributed by atoms with van der Waals surface area (Å²) < 4.78 is 9.28. The molecule has 1 aliphatic rings. The number of allylic oxidation sites excluding steroid dienone is 1. The Morgan fingerprint density at radius 2 is 1.11 bits per heavy atom. The van der Waals surface area contributed by atoms with Crippen molar-refractivity contribution >= 4 is 104 Å². The Balaban J connectivity index is 1.11. The van der Waals surface area contributed by atoms with Gasteiger partial charge in [0.15, 0.2) is 5.84 Å². The van der Waals surface area contributed by atoms with Crippen LogP contribution in [0.4, 0.5) is 0 Å². The molecule has 0 aliphatic carbocycles. The van der Waals surface area contributed by atoms with Crippen molar-refractivity contribution in [2.24, 2.45) is 15.9 Å². The highest BCUT2D eigenvalue weighted by Crippen LogP contribution is 2.42. The molecule has 0 amide bonds. The van der Waals surface area contributed by atoms with E-state index < -0.39 is 0 Å². The molecule has 3 heterocycles. The average Bonchev–Trinajstić information content (AvgIpc) is 3.87. The van der Waals surface area contributed by atoms with E-state index in [4.69, 9.17) is 14.4 Å². The van der Waals surface area contributed by atoms with Gasteiger partial charge >= 0.3 is 0 Å². The Bertz CT molecular complexity index is 3970. The molecular weight excluding hydrogens is 767 g/mol. The second kappa shape index (κ2) is 14.0. The molecule has 1 unspecified atom stereocenters. The smallest absolute Gasteiger partial charge is 0.160 e. The van der Waals surface area contributed by atoms with Crippen molar-refractivity contribution < 1.29 is 4.42 Å². The number of hydrogen-bond acceptors (Lipinski definition) is 3. The summed E-state index contributed by atoms with van der Waals surface area (Å²) in [6.07, 6.45) is 3.07. The molecule has 2 aromatic heterocycles. The van der Waals surface area contributed by atoms with Crippen molar-refractivity contribution in [3.05, 3.63) is 217 Å². The van der Waals surface area contributed by atoms with E-state index in [1.54, 1.807) is 0 Å². The number of benzene rings is 10. The SMILES string of the molecule is CC1C/C=C(c2cccc3ccccc23)/N=C(c2ccc3ccccc3c2)\N=C/1c1cc(-n2c3cc4ccccc4cc3c3c4ccccc4ccc32)cc2oc3ccccc3c12. The predicted octanol–water partition coefficient (Wildman–Crippen LogP) is 15.6. The van der Waals surface area contributed by atoms with Crippen LogP contribution >= 0.6 is 0 Å². The first-order chi connectivity index (χ1) is 31.1. The van der Waals surface area contributed by atoms with Crippen LogP contribution in [0.15, 0.2) is 215 Å². The normalized spacial score (nSPS) is 17.3. The number of aromatic nitrogens is 1. The molecule has 0 N–H and O–H groups in total. The predicted molar refractivity (Wildman–Crippen MR) is 266 cm³/mol. The summed E-state index contributed by atoms with van der Waals surface area (Å²) in [4.78, 5) is 11.3. The number of amidine groups is 1. The average molecular weight is 806 g/mol. The van der Waals surface area contributed by atoms with Crippen molar-refractivity contribution in [3.8, 4) is 5.69 Å². The molecule has 0 bridgehead atoms. The molecule has 10 aromatic carbocycles. The van der Waals surface area contributed by atoms with Gasteiger partial charge in [-0.1, -0.05) is 165 Å². The topological polar surface area (TPSA) is 42.8 Å². The maximum atomic E-state index is 6.84. The Morgan fingerprint density at radius 3 is 1.94 bits per heavy atom. The van der Waals surface area contributed by atoms with Gasteiger partial charge < -0.3 is 8.98 Å². The molecule has 1 atom stereocenters. The lowest BCUT2D eigenvalue weighted by Gasteiger charge is -2.20. The molecule has 0 saturated carbocycles. The number of hydrogen-bond donors (Lipinski definition) is 0. The molecule has 63 heavy (non-hydrogen) atoms. The molecular formula is C59H39N3O. The second-order valence-corrected chi connectivity index (χ2v) is 16.9. The van der Waals surface area contributed by atoms with Crippen LogP contribution in [0.2, 0.25) is 0 Å². The van der Waals surface area contributed by atoms with E-state index in [1.165, 1.54) is 48.5 Å². The quantitative estimate of drug-likeness (QED) is 0.175. The maximum Gasteiger partial charge on any atom is 0.160 e. The van der Waals surface area contributed by atoms with Crippen molar-refractivity contribution in [2.75, 3.05) is 0 Å². The number of aliphatic imine (C=N–C) groups is 2. The van der Waals surface area contributed by atoms with Gasteiger partial charge in [0.1, 0.15) is 11.2 Å². The summed E-state index contributed by atoms with van der Waals surface area (Å²) in [6.45, 7) is 2.30. The van der Waals surface area contributed by atoms with Crippen molar-refractivity contribution in [3.63, 3.8) is 0 Å². The van der Waals surface area contributed by atoms with Crippen LogP contribution < -0.4 is 0 Å². The Hall–Kier alpha value is -8.08. The maximum absolute atomic E-state index is 6.84. The Morgan fingerprint density at radius 1 is 0.460 bits per heavy atom. The summed E-state index contributed by atoms with van der Waals surface area (Å²) in [5.74, 6) is 0.710. The number of fused-ring (bicyclic) bond motifs is 11. The summed E-state index contributed by atoms with van der Waals surface area (Å²) in [5, 5.41) is 14.2. The third-order valence-corrected chi connectivity index (χ3v) is 13.2. The zero-order valence-electron chi connectivity index (χ0n) is 34.6. The van der Waals surface area contributed by atoms with Crippen LogP contribution in [0, 0.1) is 5.92 Å². The van der Waals surface area contributed by atoms with E-state index in [1.807, 2.05) is 0 Å². The van der Waals surface area contributed by atoms with Crippen LogP contribution in [0.25, 0.3) is 98.2 Å². The first-order valence-corrected chi connectivity index (χ1v) is 21.8. The third kappa shape index (κ3) is 5.68. The molecule has 4 nitrogen and oxygen atoms in total. The van der Waals surface area contributed by atoms with Gasteiger partial charge in [-0.15, -0.1) is 0 Å². The lowest BCUT2D eigenvalue weighted by atomic mass is 9.90. The van der Waals surface area contributed by atoms with Crippen LogP contribution in [0.5, 0.6) is 0 Å². The van der Waals surface area contributed by atoms with Gasteiger partial charge in [-0.05, 0) is 85.9 Å². The van der Waals surface area contributed by atoms with Gasteiger partial charge in [0.2, 0.25) is 0 Å². The van der Waals surface area contributed by atoms with E-state index in [2.05, 4.69) is 212 Å². The minimum Gasteiger partial charge on any atom is -0.456 e. The van der Waals surface area contributed by atoms with Gasteiger partial charge in [0.05, 0.1) is 28.1 Å². The van der Waals surface area contributed by atoms with E-state index in [-0.39, 0.29) is 5.92 Å². The zero-order chi connectivity index (χ0) is 41.6. The molecule has 0 fully saturated rings. The van der Waals surface area contributed by atoms with Crippen molar-refractivity contribution in [1.82, 2.24) is 4.57 Å².